The molecule has 0 spiro atoms. The lowest BCUT2D eigenvalue weighted by Gasteiger charge is -2.27. The maximum absolute atomic E-state index is 12.9. The summed E-state index contributed by atoms with van der Waals surface area (Å²) in [5.74, 6) is 0.105. The lowest BCUT2D eigenvalue weighted by atomic mass is 10.0. The van der Waals surface area contributed by atoms with Gasteiger partial charge in [-0.1, -0.05) is 74.0 Å². The molecule has 0 bridgehead atoms. The number of rotatable bonds is 9. The monoisotopic (exact) mass is 324 g/mol. The first-order valence-electron chi connectivity index (χ1n) is 8.81. The van der Waals surface area contributed by atoms with Crippen molar-refractivity contribution < 1.29 is 4.79 Å². The molecule has 1 unspecified atom stereocenters. The molecule has 2 aromatic carbocycles. The van der Waals surface area contributed by atoms with Crippen LogP contribution in [0, 0.1) is 5.92 Å². The van der Waals surface area contributed by atoms with Crippen LogP contribution in [0.15, 0.2) is 60.7 Å². The SMILES string of the molecule is CCCC(CN)C(=O)N(CCc1ccccc1)Cc1ccccc1. The fraction of sp³-hybridized carbons (Fsp3) is 0.381. The molecule has 0 aliphatic carbocycles. The number of carbonyl (C=O) groups is 1. The van der Waals surface area contributed by atoms with Crippen molar-refractivity contribution in [3.8, 4) is 0 Å². The molecule has 2 rings (SSSR count). The fourth-order valence-corrected chi connectivity index (χ4v) is 2.93. The normalized spacial score (nSPS) is 11.9. The Labute approximate surface area is 145 Å². The molecule has 0 aromatic heterocycles. The van der Waals surface area contributed by atoms with Crippen molar-refractivity contribution >= 4 is 5.91 Å². The number of carbonyl (C=O) groups excluding carboxylic acids is 1. The van der Waals surface area contributed by atoms with Crippen molar-refractivity contribution in [2.24, 2.45) is 11.7 Å². The van der Waals surface area contributed by atoms with E-state index in [0.29, 0.717) is 13.1 Å². The van der Waals surface area contributed by atoms with Gasteiger partial charge in [0.25, 0.3) is 0 Å². The Bertz CT molecular complexity index is 598. The minimum atomic E-state index is -0.0746. The molecular formula is C21H28N2O. The lowest BCUT2D eigenvalue weighted by molar-refractivity contribution is -0.136. The van der Waals surface area contributed by atoms with Gasteiger partial charge in [-0.2, -0.15) is 0 Å². The van der Waals surface area contributed by atoms with Gasteiger partial charge in [-0.05, 0) is 24.0 Å². The Morgan fingerprint density at radius 3 is 2.12 bits per heavy atom. The minimum Gasteiger partial charge on any atom is -0.338 e. The highest BCUT2D eigenvalue weighted by Gasteiger charge is 2.22. The maximum atomic E-state index is 12.9. The average Bonchev–Trinajstić information content (AvgIpc) is 2.64. The van der Waals surface area contributed by atoms with Crippen LogP contribution in [0.1, 0.15) is 30.9 Å². The quantitative estimate of drug-likeness (QED) is 0.765. The number of benzene rings is 2. The van der Waals surface area contributed by atoms with Crippen molar-refractivity contribution in [2.45, 2.75) is 32.7 Å². The molecule has 24 heavy (non-hydrogen) atoms. The summed E-state index contributed by atoms with van der Waals surface area (Å²) in [6.07, 6.45) is 2.69. The van der Waals surface area contributed by atoms with E-state index in [1.165, 1.54) is 5.56 Å². The molecule has 2 aromatic rings. The van der Waals surface area contributed by atoms with Gasteiger partial charge in [0.05, 0.1) is 5.92 Å². The van der Waals surface area contributed by atoms with Crippen LogP contribution in [0.4, 0.5) is 0 Å². The van der Waals surface area contributed by atoms with Crippen molar-refractivity contribution in [2.75, 3.05) is 13.1 Å². The molecule has 0 saturated heterocycles. The second-order valence-electron chi connectivity index (χ2n) is 6.20. The second kappa shape index (κ2) is 9.89. The van der Waals surface area contributed by atoms with Crippen LogP contribution in [0.25, 0.3) is 0 Å². The molecule has 0 heterocycles. The summed E-state index contributed by atoms with van der Waals surface area (Å²) in [5.41, 5.74) is 8.26. The Hall–Kier alpha value is -2.13. The van der Waals surface area contributed by atoms with Gasteiger partial charge in [-0.15, -0.1) is 0 Å². The van der Waals surface area contributed by atoms with E-state index < -0.39 is 0 Å². The fourth-order valence-electron chi connectivity index (χ4n) is 2.93. The summed E-state index contributed by atoms with van der Waals surface area (Å²) in [4.78, 5) is 14.9. The van der Waals surface area contributed by atoms with Crippen LogP contribution in [0.3, 0.4) is 0 Å². The minimum absolute atomic E-state index is 0.0746. The van der Waals surface area contributed by atoms with Gasteiger partial charge in [0.15, 0.2) is 0 Å². The molecule has 3 nitrogen and oxygen atoms in total. The Balaban J connectivity index is 2.09. The molecular weight excluding hydrogens is 296 g/mol. The van der Waals surface area contributed by atoms with Crippen LogP contribution >= 0.6 is 0 Å². The van der Waals surface area contributed by atoms with Crippen molar-refractivity contribution in [3.63, 3.8) is 0 Å². The van der Waals surface area contributed by atoms with E-state index in [1.54, 1.807) is 0 Å². The second-order valence-corrected chi connectivity index (χ2v) is 6.20. The molecule has 3 heteroatoms. The third kappa shape index (κ3) is 5.50. The van der Waals surface area contributed by atoms with E-state index in [1.807, 2.05) is 41.3 Å². The summed E-state index contributed by atoms with van der Waals surface area (Å²) >= 11 is 0. The summed E-state index contributed by atoms with van der Waals surface area (Å²) in [7, 11) is 0. The van der Waals surface area contributed by atoms with E-state index in [0.717, 1.165) is 31.4 Å². The predicted octanol–water partition coefficient (Wildman–Crippen LogP) is 3.63. The zero-order valence-corrected chi connectivity index (χ0v) is 14.5. The Morgan fingerprint density at radius 2 is 1.58 bits per heavy atom. The van der Waals surface area contributed by atoms with E-state index in [4.69, 9.17) is 5.73 Å². The Morgan fingerprint density at radius 1 is 1.00 bits per heavy atom. The van der Waals surface area contributed by atoms with Gasteiger partial charge in [0.1, 0.15) is 0 Å². The van der Waals surface area contributed by atoms with Crippen LogP contribution in [-0.2, 0) is 17.8 Å². The van der Waals surface area contributed by atoms with Crippen molar-refractivity contribution in [1.82, 2.24) is 4.90 Å². The average molecular weight is 324 g/mol. The predicted molar refractivity (Wildman–Crippen MR) is 99.5 cm³/mol. The molecule has 2 N–H and O–H groups in total. The molecule has 0 radical (unpaired) electrons. The van der Waals surface area contributed by atoms with Gasteiger partial charge >= 0.3 is 0 Å². The highest BCUT2D eigenvalue weighted by atomic mass is 16.2. The Kier molecular flexibility index (Phi) is 7.50. The zero-order valence-electron chi connectivity index (χ0n) is 14.5. The van der Waals surface area contributed by atoms with E-state index in [2.05, 4.69) is 31.2 Å². The molecule has 0 aliphatic heterocycles. The van der Waals surface area contributed by atoms with E-state index >= 15 is 0 Å². The lowest BCUT2D eigenvalue weighted by Crippen LogP contribution is -2.40. The first-order chi connectivity index (χ1) is 11.7. The van der Waals surface area contributed by atoms with E-state index in [-0.39, 0.29) is 11.8 Å². The number of nitrogens with two attached hydrogens (primary N) is 1. The summed E-state index contributed by atoms with van der Waals surface area (Å²) in [6, 6.07) is 20.5. The third-order valence-electron chi connectivity index (χ3n) is 4.31. The number of hydrogen-bond donors (Lipinski definition) is 1. The van der Waals surface area contributed by atoms with Crippen molar-refractivity contribution in [1.29, 1.82) is 0 Å². The first kappa shape index (κ1) is 18.2. The van der Waals surface area contributed by atoms with E-state index in [9.17, 15) is 4.79 Å². The maximum Gasteiger partial charge on any atom is 0.227 e. The molecule has 0 aliphatic rings. The molecule has 128 valence electrons. The topological polar surface area (TPSA) is 46.3 Å². The van der Waals surface area contributed by atoms with Crippen LogP contribution < -0.4 is 5.73 Å². The molecule has 1 atom stereocenters. The molecule has 0 fully saturated rings. The number of nitrogens with zero attached hydrogens (tertiary/aromatic N) is 1. The van der Waals surface area contributed by atoms with Crippen LogP contribution in [0.5, 0.6) is 0 Å². The highest BCUT2D eigenvalue weighted by molar-refractivity contribution is 5.79. The third-order valence-corrected chi connectivity index (χ3v) is 4.31. The van der Waals surface area contributed by atoms with Gasteiger partial charge < -0.3 is 10.6 Å². The number of amides is 1. The smallest absolute Gasteiger partial charge is 0.227 e. The highest BCUT2D eigenvalue weighted by Crippen LogP contribution is 2.14. The van der Waals surface area contributed by atoms with Gasteiger partial charge in [0, 0.05) is 19.6 Å². The first-order valence-corrected chi connectivity index (χ1v) is 8.81. The molecule has 0 saturated carbocycles. The van der Waals surface area contributed by atoms with Gasteiger partial charge in [-0.25, -0.2) is 0 Å². The zero-order chi connectivity index (χ0) is 17.2. The molecule has 1 amide bonds. The van der Waals surface area contributed by atoms with Crippen LogP contribution in [-0.4, -0.2) is 23.9 Å². The van der Waals surface area contributed by atoms with Gasteiger partial charge in [-0.3, -0.25) is 4.79 Å². The summed E-state index contributed by atoms with van der Waals surface area (Å²) < 4.78 is 0. The van der Waals surface area contributed by atoms with Crippen molar-refractivity contribution in [3.05, 3.63) is 71.8 Å². The van der Waals surface area contributed by atoms with Gasteiger partial charge in [0.2, 0.25) is 5.91 Å². The summed E-state index contributed by atoms with van der Waals surface area (Å²) in [6.45, 7) is 3.88. The largest absolute Gasteiger partial charge is 0.338 e. The summed E-state index contributed by atoms with van der Waals surface area (Å²) in [5, 5.41) is 0. The standard InChI is InChI=1S/C21H28N2O/c1-2-9-20(16-22)21(24)23(17-19-12-7-4-8-13-19)15-14-18-10-5-3-6-11-18/h3-8,10-13,20H,2,9,14-17,22H2,1H3. The van der Waals surface area contributed by atoms with Crippen LogP contribution in [0.2, 0.25) is 0 Å². The number of hydrogen-bond acceptors (Lipinski definition) is 2.